The number of nitrogens with zero attached hydrogens (tertiary/aromatic N) is 1. The highest BCUT2D eigenvalue weighted by Gasteiger charge is 2.55. The lowest BCUT2D eigenvalue weighted by atomic mass is 9.68. The van der Waals surface area contributed by atoms with Crippen molar-refractivity contribution < 1.29 is 9.53 Å². The third kappa shape index (κ3) is 2.03. The lowest BCUT2D eigenvalue weighted by Gasteiger charge is -2.66. The summed E-state index contributed by atoms with van der Waals surface area (Å²) in [6, 6.07) is 2.66. The molecule has 0 aliphatic carbocycles. The second-order valence-electron chi connectivity index (χ2n) is 6.69. The van der Waals surface area contributed by atoms with Gasteiger partial charge in [0.25, 0.3) is 0 Å². The first-order valence-electron chi connectivity index (χ1n) is 6.69. The molecule has 1 N–H and O–H groups in total. The van der Waals surface area contributed by atoms with Gasteiger partial charge in [0.15, 0.2) is 0 Å². The van der Waals surface area contributed by atoms with Gasteiger partial charge in [-0.2, -0.15) is 0 Å². The number of ether oxygens (including phenoxy) is 1. The Balaban J connectivity index is 1.50. The molecule has 96 valence electrons. The molecule has 0 aromatic heterocycles. The Kier molecular flexibility index (Phi) is 2.41. The minimum atomic E-state index is -0.400. The maximum atomic E-state index is 11.7. The van der Waals surface area contributed by atoms with E-state index >= 15 is 0 Å². The number of carbonyl (C=O) groups excluding carboxylic acids is 1. The van der Waals surface area contributed by atoms with E-state index in [4.69, 9.17) is 4.74 Å². The second-order valence-corrected chi connectivity index (χ2v) is 6.69. The summed E-state index contributed by atoms with van der Waals surface area (Å²) >= 11 is 0. The predicted octanol–water partition coefficient (Wildman–Crippen LogP) is 1.89. The standard InChI is InChI=1S/C13H22N2O2/c1-13(2,3)17-12(16)14-8-4-9-6-11-7-10(5-8)15(9)11/h8-11H,4-7H2,1-3H3,(H,14,16). The lowest BCUT2D eigenvalue weighted by molar-refractivity contribution is -0.150. The van der Waals surface area contributed by atoms with Gasteiger partial charge in [0.05, 0.1) is 0 Å². The van der Waals surface area contributed by atoms with E-state index in [1.807, 2.05) is 20.8 Å². The van der Waals surface area contributed by atoms with Crippen molar-refractivity contribution in [3.8, 4) is 0 Å². The van der Waals surface area contributed by atoms with Gasteiger partial charge in [-0.25, -0.2) is 4.79 Å². The van der Waals surface area contributed by atoms with E-state index in [1.54, 1.807) is 0 Å². The molecular formula is C13H22N2O2. The fourth-order valence-electron chi connectivity index (χ4n) is 3.61. The van der Waals surface area contributed by atoms with Gasteiger partial charge >= 0.3 is 6.09 Å². The minimum Gasteiger partial charge on any atom is -0.444 e. The molecule has 0 bridgehead atoms. The van der Waals surface area contributed by atoms with Gasteiger partial charge < -0.3 is 10.1 Å². The van der Waals surface area contributed by atoms with E-state index in [9.17, 15) is 4.79 Å². The van der Waals surface area contributed by atoms with Crippen molar-refractivity contribution in [1.29, 1.82) is 0 Å². The van der Waals surface area contributed by atoms with Gasteiger partial charge in [0.1, 0.15) is 5.60 Å². The average Bonchev–Trinajstić information content (AvgIpc) is 2.06. The van der Waals surface area contributed by atoms with E-state index in [2.05, 4.69) is 10.2 Å². The summed E-state index contributed by atoms with van der Waals surface area (Å²) in [6.45, 7) is 5.70. The van der Waals surface area contributed by atoms with Crippen molar-refractivity contribution in [3.05, 3.63) is 0 Å². The SMILES string of the molecule is CC(C)(C)OC(=O)NC1CC2CC3CC(C1)N23. The zero-order valence-corrected chi connectivity index (χ0v) is 10.9. The minimum absolute atomic E-state index is 0.258. The van der Waals surface area contributed by atoms with Crippen LogP contribution in [0.1, 0.15) is 46.5 Å². The van der Waals surface area contributed by atoms with Crippen LogP contribution < -0.4 is 5.32 Å². The molecule has 2 unspecified atom stereocenters. The molecule has 0 radical (unpaired) electrons. The molecule has 4 nitrogen and oxygen atoms in total. The Labute approximate surface area is 103 Å². The molecule has 3 heterocycles. The molecular weight excluding hydrogens is 216 g/mol. The highest BCUT2D eigenvalue weighted by atomic mass is 16.6. The molecule has 0 aromatic carbocycles. The number of amides is 1. The number of hydrogen-bond acceptors (Lipinski definition) is 3. The predicted molar refractivity (Wildman–Crippen MR) is 64.8 cm³/mol. The first kappa shape index (κ1) is 11.3. The van der Waals surface area contributed by atoms with Crippen molar-refractivity contribution in [1.82, 2.24) is 10.2 Å². The number of carbonyl (C=O) groups is 1. The summed E-state index contributed by atoms with van der Waals surface area (Å²) in [7, 11) is 0. The Morgan fingerprint density at radius 2 is 1.65 bits per heavy atom. The molecule has 2 atom stereocenters. The van der Waals surface area contributed by atoms with E-state index in [1.165, 1.54) is 12.8 Å². The lowest BCUT2D eigenvalue weighted by Crippen LogP contribution is -2.74. The smallest absolute Gasteiger partial charge is 0.407 e. The molecule has 3 aliphatic heterocycles. The number of rotatable bonds is 1. The summed E-state index contributed by atoms with van der Waals surface area (Å²) in [5, 5.41) is 3.03. The highest BCUT2D eigenvalue weighted by Crippen LogP contribution is 2.48. The van der Waals surface area contributed by atoms with Gasteiger partial charge in [-0.1, -0.05) is 0 Å². The van der Waals surface area contributed by atoms with Crippen molar-refractivity contribution in [3.63, 3.8) is 0 Å². The zero-order chi connectivity index (χ0) is 12.2. The molecule has 1 amide bonds. The molecule has 0 spiro atoms. The van der Waals surface area contributed by atoms with Crippen LogP contribution in [0.15, 0.2) is 0 Å². The van der Waals surface area contributed by atoms with Gasteiger partial charge in [0.2, 0.25) is 0 Å². The Hall–Kier alpha value is -0.770. The normalized spacial score (nSPS) is 39.7. The molecule has 3 aliphatic rings. The summed E-state index contributed by atoms with van der Waals surface area (Å²) in [6.07, 6.45) is 4.62. The molecule has 4 heteroatoms. The quantitative estimate of drug-likeness (QED) is 0.758. The molecule has 17 heavy (non-hydrogen) atoms. The third-order valence-corrected chi connectivity index (χ3v) is 4.19. The van der Waals surface area contributed by atoms with Crippen LogP contribution in [-0.4, -0.2) is 40.8 Å². The topological polar surface area (TPSA) is 41.6 Å². The van der Waals surface area contributed by atoms with E-state index in [-0.39, 0.29) is 6.09 Å². The molecule has 3 fully saturated rings. The van der Waals surface area contributed by atoms with Crippen molar-refractivity contribution in [2.75, 3.05) is 0 Å². The van der Waals surface area contributed by atoms with Crippen molar-refractivity contribution >= 4 is 6.09 Å². The van der Waals surface area contributed by atoms with Crippen molar-refractivity contribution in [2.24, 2.45) is 0 Å². The van der Waals surface area contributed by atoms with Crippen LogP contribution in [0.25, 0.3) is 0 Å². The Morgan fingerprint density at radius 3 is 2.12 bits per heavy atom. The van der Waals surface area contributed by atoms with Crippen LogP contribution in [-0.2, 0) is 4.74 Å². The third-order valence-electron chi connectivity index (χ3n) is 4.19. The van der Waals surface area contributed by atoms with Crippen LogP contribution in [0.4, 0.5) is 4.79 Å². The van der Waals surface area contributed by atoms with Gasteiger partial charge in [-0.3, -0.25) is 4.90 Å². The molecule has 3 rings (SSSR count). The summed E-state index contributed by atoms with van der Waals surface area (Å²) in [4.78, 5) is 14.3. The number of piperidine rings is 2. The monoisotopic (exact) mass is 238 g/mol. The van der Waals surface area contributed by atoms with Crippen LogP contribution in [0.5, 0.6) is 0 Å². The Morgan fingerprint density at radius 1 is 1.12 bits per heavy atom. The summed E-state index contributed by atoms with van der Waals surface area (Å²) in [5.74, 6) is 0. The van der Waals surface area contributed by atoms with E-state index in [0.717, 1.165) is 31.0 Å². The van der Waals surface area contributed by atoms with Gasteiger partial charge in [-0.05, 0) is 46.5 Å². The van der Waals surface area contributed by atoms with Crippen LogP contribution in [0, 0.1) is 0 Å². The van der Waals surface area contributed by atoms with Crippen LogP contribution >= 0.6 is 0 Å². The molecule has 0 aromatic rings. The van der Waals surface area contributed by atoms with Crippen molar-refractivity contribution in [2.45, 2.75) is 76.2 Å². The number of alkyl carbamates (subject to hydrolysis) is 1. The average molecular weight is 238 g/mol. The first-order chi connectivity index (χ1) is 7.92. The Bertz CT molecular complexity index is 321. The van der Waals surface area contributed by atoms with Gasteiger partial charge in [-0.15, -0.1) is 0 Å². The highest BCUT2D eigenvalue weighted by molar-refractivity contribution is 5.68. The number of nitrogens with one attached hydrogen (secondary N) is 1. The van der Waals surface area contributed by atoms with E-state index in [0.29, 0.717) is 6.04 Å². The second kappa shape index (κ2) is 3.61. The molecule has 0 saturated carbocycles. The van der Waals surface area contributed by atoms with Gasteiger partial charge in [0, 0.05) is 24.2 Å². The summed E-state index contributed by atoms with van der Waals surface area (Å²) in [5.41, 5.74) is -0.400. The summed E-state index contributed by atoms with van der Waals surface area (Å²) < 4.78 is 5.30. The fraction of sp³-hybridized carbons (Fsp3) is 0.923. The largest absolute Gasteiger partial charge is 0.444 e. The zero-order valence-electron chi connectivity index (χ0n) is 10.9. The molecule has 3 saturated heterocycles. The number of hydrogen-bond donors (Lipinski definition) is 1. The van der Waals surface area contributed by atoms with E-state index < -0.39 is 5.60 Å². The maximum Gasteiger partial charge on any atom is 0.407 e. The maximum absolute atomic E-state index is 11.7. The first-order valence-corrected chi connectivity index (χ1v) is 6.69. The van der Waals surface area contributed by atoms with Crippen LogP contribution in [0.3, 0.4) is 0 Å². The van der Waals surface area contributed by atoms with Crippen LogP contribution in [0.2, 0.25) is 0 Å². The fourth-order valence-corrected chi connectivity index (χ4v) is 3.61.